The minimum atomic E-state index is -0.137. The number of anilines is 2. The summed E-state index contributed by atoms with van der Waals surface area (Å²) in [7, 11) is 1.62. The van der Waals surface area contributed by atoms with Crippen LogP contribution in [-0.2, 0) is 16.0 Å². The van der Waals surface area contributed by atoms with Gasteiger partial charge in [0.05, 0.1) is 12.9 Å². The van der Waals surface area contributed by atoms with Gasteiger partial charge in [-0.25, -0.2) is 0 Å². The van der Waals surface area contributed by atoms with Crippen LogP contribution in [0.3, 0.4) is 0 Å². The molecular formula is C25H24N2O3S. The smallest absolute Gasteiger partial charge is 0.238 e. The lowest BCUT2D eigenvalue weighted by Crippen LogP contribution is -2.27. The topological polar surface area (TPSA) is 58.6 Å². The Morgan fingerprint density at radius 1 is 1.06 bits per heavy atom. The number of thioether (sulfide) groups is 1. The van der Waals surface area contributed by atoms with Gasteiger partial charge in [0.15, 0.2) is 0 Å². The van der Waals surface area contributed by atoms with Crippen LogP contribution in [0.15, 0.2) is 78.9 Å². The number of benzene rings is 3. The van der Waals surface area contributed by atoms with Gasteiger partial charge in [-0.1, -0.05) is 42.5 Å². The molecule has 1 aliphatic rings. The maximum Gasteiger partial charge on any atom is 0.238 e. The molecule has 0 aromatic heterocycles. The number of hydrogen-bond acceptors (Lipinski definition) is 4. The van der Waals surface area contributed by atoms with Crippen molar-refractivity contribution >= 4 is 35.0 Å². The summed E-state index contributed by atoms with van der Waals surface area (Å²) in [5.41, 5.74) is 3.69. The number of nitrogens with zero attached hydrogens (tertiary/aromatic N) is 1. The first-order chi connectivity index (χ1) is 15.1. The van der Waals surface area contributed by atoms with Gasteiger partial charge in [-0.3, -0.25) is 14.5 Å². The van der Waals surface area contributed by atoms with Crippen LogP contribution < -0.4 is 15.0 Å². The summed E-state index contributed by atoms with van der Waals surface area (Å²) in [6.45, 7) is 0. The highest BCUT2D eigenvalue weighted by molar-refractivity contribution is 8.00. The molecule has 0 radical (unpaired) electrons. The summed E-state index contributed by atoms with van der Waals surface area (Å²) in [6.07, 6.45) is 1.12. The molecule has 6 heteroatoms. The minimum absolute atomic E-state index is 0.0248. The lowest BCUT2D eigenvalue weighted by atomic mass is 10.1. The summed E-state index contributed by atoms with van der Waals surface area (Å²) in [5, 5.41) is 2.85. The molecule has 1 unspecified atom stereocenters. The van der Waals surface area contributed by atoms with Gasteiger partial charge in [0, 0.05) is 17.8 Å². The van der Waals surface area contributed by atoms with Gasteiger partial charge in [-0.05, 0) is 53.9 Å². The summed E-state index contributed by atoms with van der Waals surface area (Å²) in [5.74, 6) is 1.21. The fourth-order valence-electron chi connectivity index (χ4n) is 3.59. The van der Waals surface area contributed by atoms with Crippen molar-refractivity contribution in [3.8, 4) is 5.75 Å². The van der Waals surface area contributed by atoms with E-state index in [9.17, 15) is 9.59 Å². The second-order valence-electron chi connectivity index (χ2n) is 7.28. The Bertz CT molecular complexity index is 1050. The second-order valence-corrected chi connectivity index (χ2v) is 8.35. The van der Waals surface area contributed by atoms with Crippen LogP contribution in [-0.4, -0.2) is 24.7 Å². The number of rotatable bonds is 7. The molecule has 0 spiro atoms. The van der Waals surface area contributed by atoms with Crippen LogP contribution in [0.4, 0.5) is 11.4 Å². The Balaban J connectivity index is 1.46. The molecule has 0 bridgehead atoms. The molecule has 1 N–H and O–H groups in total. The van der Waals surface area contributed by atoms with Crippen LogP contribution in [0.25, 0.3) is 0 Å². The molecule has 1 fully saturated rings. The molecule has 1 aliphatic heterocycles. The third kappa shape index (κ3) is 5.09. The molecule has 31 heavy (non-hydrogen) atoms. The Labute approximate surface area is 186 Å². The number of amides is 2. The zero-order chi connectivity index (χ0) is 21.6. The number of hydrogen-bond donors (Lipinski definition) is 1. The highest BCUT2D eigenvalue weighted by Gasteiger charge is 2.34. The molecule has 3 aromatic carbocycles. The molecule has 0 aliphatic carbocycles. The van der Waals surface area contributed by atoms with Gasteiger partial charge < -0.3 is 10.1 Å². The molecule has 1 heterocycles. The average Bonchev–Trinajstić information content (AvgIpc) is 3.20. The summed E-state index contributed by atoms with van der Waals surface area (Å²) >= 11 is 1.58. The SMILES string of the molecule is COc1ccc(N2C(=O)CSC2c2cccc(NC(=O)CCc3ccccc3)c2)cc1. The maximum atomic E-state index is 12.6. The van der Waals surface area contributed by atoms with Crippen molar-refractivity contribution in [3.63, 3.8) is 0 Å². The molecular weight excluding hydrogens is 408 g/mol. The third-order valence-electron chi connectivity index (χ3n) is 5.16. The molecule has 158 valence electrons. The fourth-order valence-corrected chi connectivity index (χ4v) is 4.76. The van der Waals surface area contributed by atoms with E-state index in [0.717, 1.165) is 28.3 Å². The number of ether oxygens (including phenoxy) is 1. The number of nitrogens with one attached hydrogen (secondary N) is 1. The fraction of sp³-hybridized carbons (Fsp3) is 0.200. The lowest BCUT2D eigenvalue weighted by molar-refractivity contribution is -0.116. The zero-order valence-corrected chi connectivity index (χ0v) is 18.1. The third-order valence-corrected chi connectivity index (χ3v) is 6.37. The van der Waals surface area contributed by atoms with E-state index < -0.39 is 0 Å². The molecule has 5 nitrogen and oxygen atoms in total. The van der Waals surface area contributed by atoms with Gasteiger partial charge >= 0.3 is 0 Å². The molecule has 1 atom stereocenters. The van der Waals surface area contributed by atoms with Gasteiger partial charge in [-0.2, -0.15) is 0 Å². The second kappa shape index (κ2) is 9.71. The summed E-state index contributed by atoms with van der Waals surface area (Å²) in [6, 6.07) is 25.2. The molecule has 2 amide bonds. The van der Waals surface area contributed by atoms with Crippen molar-refractivity contribution in [2.45, 2.75) is 18.2 Å². The Hall–Kier alpha value is -3.25. The van der Waals surface area contributed by atoms with Crippen molar-refractivity contribution in [2.24, 2.45) is 0 Å². The van der Waals surface area contributed by atoms with Crippen LogP contribution in [0, 0.1) is 0 Å². The zero-order valence-electron chi connectivity index (χ0n) is 17.3. The van der Waals surface area contributed by atoms with Gasteiger partial charge in [-0.15, -0.1) is 11.8 Å². The van der Waals surface area contributed by atoms with Crippen LogP contribution in [0.2, 0.25) is 0 Å². The van der Waals surface area contributed by atoms with Crippen molar-refractivity contribution < 1.29 is 14.3 Å². The number of methoxy groups -OCH3 is 1. The first-order valence-corrected chi connectivity index (χ1v) is 11.2. The normalized spacial score (nSPS) is 15.7. The predicted octanol–water partition coefficient (Wildman–Crippen LogP) is 5.05. The van der Waals surface area contributed by atoms with Gasteiger partial charge in [0.25, 0.3) is 0 Å². The molecule has 1 saturated heterocycles. The van der Waals surface area contributed by atoms with Gasteiger partial charge in [0.1, 0.15) is 11.1 Å². The van der Waals surface area contributed by atoms with E-state index in [2.05, 4.69) is 5.32 Å². The number of carbonyl (C=O) groups excluding carboxylic acids is 2. The van der Waals surface area contributed by atoms with Crippen LogP contribution in [0.1, 0.15) is 22.9 Å². The molecule has 0 saturated carbocycles. The van der Waals surface area contributed by atoms with E-state index in [1.165, 1.54) is 0 Å². The Morgan fingerprint density at radius 2 is 1.84 bits per heavy atom. The largest absolute Gasteiger partial charge is 0.497 e. The van der Waals surface area contributed by atoms with E-state index in [1.54, 1.807) is 23.8 Å². The van der Waals surface area contributed by atoms with Crippen molar-refractivity contribution in [2.75, 3.05) is 23.1 Å². The Morgan fingerprint density at radius 3 is 2.58 bits per heavy atom. The predicted molar refractivity (Wildman–Crippen MR) is 126 cm³/mol. The van der Waals surface area contributed by atoms with Gasteiger partial charge in [0.2, 0.25) is 11.8 Å². The first kappa shape index (κ1) is 21.0. The quantitative estimate of drug-likeness (QED) is 0.568. The van der Waals surface area contributed by atoms with E-state index in [1.807, 2.05) is 78.9 Å². The highest BCUT2D eigenvalue weighted by Crippen LogP contribution is 2.42. The minimum Gasteiger partial charge on any atom is -0.497 e. The van der Waals surface area contributed by atoms with Crippen molar-refractivity contribution in [1.82, 2.24) is 0 Å². The lowest BCUT2D eigenvalue weighted by Gasteiger charge is -2.25. The number of carbonyl (C=O) groups is 2. The van der Waals surface area contributed by atoms with Crippen LogP contribution >= 0.6 is 11.8 Å². The standard InChI is InChI=1S/C25H24N2O3S/c1-30-22-13-11-21(12-14-22)27-24(29)17-31-25(27)19-8-5-9-20(16-19)26-23(28)15-10-18-6-3-2-4-7-18/h2-9,11-14,16,25H,10,15,17H2,1H3,(H,26,28). The summed E-state index contributed by atoms with van der Waals surface area (Å²) in [4.78, 5) is 26.8. The molecule has 4 rings (SSSR count). The van der Waals surface area contributed by atoms with E-state index in [0.29, 0.717) is 18.6 Å². The van der Waals surface area contributed by atoms with Crippen LogP contribution in [0.5, 0.6) is 5.75 Å². The maximum absolute atomic E-state index is 12.6. The average molecular weight is 433 g/mol. The summed E-state index contributed by atoms with van der Waals surface area (Å²) < 4.78 is 5.22. The number of aryl methyl sites for hydroxylation is 1. The van der Waals surface area contributed by atoms with E-state index in [-0.39, 0.29) is 17.2 Å². The first-order valence-electron chi connectivity index (χ1n) is 10.2. The molecule has 3 aromatic rings. The van der Waals surface area contributed by atoms with Crippen molar-refractivity contribution in [3.05, 3.63) is 90.0 Å². The van der Waals surface area contributed by atoms with E-state index >= 15 is 0 Å². The van der Waals surface area contributed by atoms with Crippen molar-refractivity contribution in [1.29, 1.82) is 0 Å². The monoisotopic (exact) mass is 432 g/mol. The van der Waals surface area contributed by atoms with E-state index in [4.69, 9.17) is 4.74 Å². The Kier molecular flexibility index (Phi) is 6.57. The highest BCUT2D eigenvalue weighted by atomic mass is 32.2.